The van der Waals surface area contributed by atoms with Crippen molar-refractivity contribution in [3.05, 3.63) is 378 Å². The minimum Gasteiger partial charge on any atom is -0.458 e. The number of hydrogen-bond acceptors (Lipinski definition) is 11. The molecule has 24 rings (SSSR count). The molecule has 0 bridgehead atoms. The van der Waals surface area contributed by atoms with Gasteiger partial charge in [0.05, 0.1) is 22.7 Å². The molecule has 0 saturated carbocycles. The second kappa shape index (κ2) is 29.1. The number of anilines is 18. The molecule has 30 heteroatoms. The molecule has 8 heterocycles. The maximum atomic E-state index is 18.2. The van der Waals surface area contributed by atoms with Crippen molar-refractivity contribution in [2.24, 2.45) is 0 Å². The molecule has 6 aliphatic heterocycles. The van der Waals surface area contributed by atoms with Gasteiger partial charge in [-0.05, 0) is 197 Å². The van der Waals surface area contributed by atoms with E-state index >= 15 is 70.2 Å². The largest absolute Gasteiger partial charge is 0.458 e. The molecule has 18 aromatic rings. The van der Waals surface area contributed by atoms with Crippen LogP contribution in [-0.4, -0.2) is 20.1 Å². The maximum Gasteiger partial charge on any atom is 0.268 e. The summed E-state index contributed by atoms with van der Waals surface area (Å²) >= 11 is 2.21. The van der Waals surface area contributed by atoms with Crippen molar-refractivity contribution < 1.29 is 84.5 Å². The van der Waals surface area contributed by atoms with E-state index in [1.54, 1.807) is 24.3 Å². The zero-order valence-electron chi connectivity index (χ0n) is 66.1. The first-order valence-electron chi connectivity index (χ1n) is 40.5. The average molecular weight is 1780 g/mol. The molecule has 0 aliphatic carbocycles. The highest BCUT2D eigenvalue weighted by molar-refractivity contribution is 7.34. The van der Waals surface area contributed by atoms with Gasteiger partial charge in [0.25, 0.3) is 20.1 Å². The molecular weight excluding hydrogens is 1730 g/mol. The number of ether oxygens (including phenoxy) is 3. The average Bonchev–Trinajstić information content (AvgIpc) is 1.20. The van der Waals surface area contributed by atoms with E-state index < -0.39 is 164 Å². The zero-order valence-corrected chi connectivity index (χ0v) is 67.8. The third-order valence-electron chi connectivity index (χ3n) is 24.6. The lowest BCUT2D eigenvalue weighted by molar-refractivity contribution is 0.465. The number of para-hydroxylation sites is 9. The third-order valence-corrected chi connectivity index (χ3v) is 27.0. The van der Waals surface area contributed by atoms with E-state index in [-0.39, 0.29) is 117 Å². The first kappa shape index (κ1) is 78.2. The highest BCUT2D eigenvalue weighted by Crippen LogP contribution is 2.57. The van der Waals surface area contributed by atoms with Crippen molar-refractivity contribution >= 4 is 213 Å². The SMILES string of the molecule is Fc1ccc2sc3c(c2c1)Oc1cc(N(c2c(F)cccc2F)c2c(F)cccc2F)cc2c1B3c1cc3c(cc1N2c1c(F)cccc1F)Oc1cc(N(c2ccccc2)c2ccccc2)cc2c1B3c1cc3c(cc1O2)N(c1c(F)cccc1F)c1cc(N(c2c(F)cccc2F)c2c(F)cccc2F)cc2c1B3c1sc3ccc(F)cc3c1N2c1c(F)cccc1F. The summed E-state index contributed by atoms with van der Waals surface area (Å²) in [7, 11) is 0. The van der Waals surface area contributed by atoms with Crippen LogP contribution >= 0.6 is 22.7 Å². The van der Waals surface area contributed by atoms with Crippen molar-refractivity contribution in [1.29, 1.82) is 0 Å². The van der Waals surface area contributed by atoms with Gasteiger partial charge in [0.1, 0.15) is 167 Å². The van der Waals surface area contributed by atoms with Crippen LogP contribution < -0.4 is 91.4 Å². The molecule has 0 spiro atoms. The van der Waals surface area contributed by atoms with Crippen molar-refractivity contribution in [2.75, 3.05) is 29.4 Å². The van der Waals surface area contributed by atoms with Crippen molar-refractivity contribution in [1.82, 2.24) is 0 Å². The Morgan fingerprint density at radius 3 is 0.992 bits per heavy atom. The number of rotatable bonds is 12. The number of thiophene rings is 2. The van der Waals surface area contributed by atoms with Gasteiger partial charge in [-0.15, -0.1) is 22.7 Å². The summed E-state index contributed by atoms with van der Waals surface area (Å²) in [6, 6.07) is 60.7. The second-order valence-electron chi connectivity index (χ2n) is 31.7. The van der Waals surface area contributed by atoms with E-state index in [0.717, 1.165) is 178 Å². The molecule has 2 aromatic heterocycles. The number of nitrogens with zero attached hydrogens (tertiary/aromatic N) is 6. The lowest BCUT2D eigenvalue weighted by Gasteiger charge is -2.45. The summed E-state index contributed by atoms with van der Waals surface area (Å²) in [5.74, 6) is -19.6. The molecule has 0 unspecified atom stereocenters. The van der Waals surface area contributed by atoms with Crippen LogP contribution in [0.3, 0.4) is 0 Å². The summed E-state index contributed by atoms with van der Waals surface area (Å²) in [5, 5.41) is 0.260. The van der Waals surface area contributed by atoms with Gasteiger partial charge >= 0.3 is 0 Å². The van der Waals surface area contributed by atoms with Gasteiger partial charge < -0.3 is 33.8 Å². The summed E-state index contributed by atoms with van der Waals surface area (Å²) in [6.07, 6.45) is 0. The molecule has 0 atom stereocenters. The molecule has 0 amide bonds. The van der Waals surface area contributed by atoms with Gasteiger partial charge in [0.2, 0.25) is 0 Å². The van der Waals surface area contributed by atoms with Crippen LogP contribution in [0.2, 0.25) is 0 Å². The van der Waals surface area contributed by atoms with Crippen molar-refractivity contribution in [3.8, 4) is 34.5 Å². The van der Waals surface area contributed by atoms with Crippen LogP contribution in [0.15, 0.2) is 285 Å². The Hall–Kier alpha value is -15.3. The van der Waals surface area contributed by atoms with E-state index in [9.17, 15) is 0 Å². The number of hydrogen-bond donors (Lipinski definition) is 0. The molecular formula is C100H47B3F16N6O3S2. The standard InChI is InChI=1S/C100H47B3F16N6O3S2/c104-48-32-34-85-55(36-48)90-99(129-85)102-57-44-59-80(46-75(57)123(95-69(114)26-11-27-70(95)115)77-38-52(39-78(87(77)102)125(90)97-73(118)30-13-31-74(97)119)121(91-61(106)18-7-19-62(91)107)92-63(108)20-8-21-64(92)109)126-83-42-54(120(50-14-3-1-4-15-50)51-16-5-2-6-17-51)43-84-89(83)101(59)60-45-58-76(47-81(60)127-84)124(96-71(116)28-12-29-72(96)117)79-40-53(122(93-65(110)22-9-23-66(93)111)94-67(112)24-10-25-68(94)113)41-82-88(79)103(58)100-98(128-82)56-37-49(105)33-35-86(56)130-100/h1-47H. The number of halogens is 16. The smallest absolute Gasteiger partial charge is 0.268 e. The number of fused-ring (bicyclic) bond motifs is 16. The quantitative estimate of drug-likeness (QED) is 0.0879. The topological polar surface area (TPSA) is 47.1 Å². The second-order valence-corrected chi connectivity index (χ2v) is 33.9. The molecule has 9 nitrogen and oxygen atoms in total. The fourth-order valence-corrected chi connectivity index (χ4v) is 22.0. The molecule has 0 radical (unpaired) electrons. The maximum absolute atomic E-state index is 18.2. The first-order valence-corrected chi connectivity index (χ1v) is 42.1. The van der Waals surface area contributed by atoms with Crippen LogP contribution in [0, 0.1) is 93.1 Å². The normalized spacial score (nSPS) is 13.2. The summed E-state index contributed by atoms with van der Waals surface area (Å²) in [6.45, 7) is -3.79. The Morgan fingerprint density at radius 2 is 0.569 bits per heavy atom. The van der Waals surface area contributed by atoms with Gasteiger partial charge in [-0.2, -0.15) is 0 Å². The number of benzene rings is 16. The fourth-order valence-electron chi connectivity index (χ4n) is 19.4. The fraction of sp³-hybridized carbons (Fsp3) is 0. The Kier molecular flexibility index (Phi) is 17.5. The minimum atomic E-state index is -1.38. The van der Waals surface area contributed by atoms with Gasteiger partial charge in [-0.1, -0.05) is 91.0 Å². The van der Waals surface area contributed by atoms with Crippen LogP contribution in [0.25, 0.3) is 20.2 Å². The van der Waals surface area contributed by atoms with E-state index in [4.69, 9.17) is 14.2 Å². The lowest BCUT2D eigenvalue weighted by Crippen LogP contribution is -2.64. The van der Waals surface area contributed by atoms with Crippen LogP contribution in [0.4, 0.5) is 173 Å². The Labute approximate surface area is 735 Å². The van der Waals surface area contributed by atoms with E-state index in [2.05, 4.69) is 0 Å². The van der Waals surface area contributed by atoms with Gasteiger partial charge in [-0.3, -0.25) is 9.80 Å². The molecule has 16 aromatic carbocycles. The molecule has 130 heavy (non-hydrogen) atoms. The zero-order chi connectivity index (χ0) is 88.6. The Bertz CT molecular complexity index is 7720. The Morgan fingerprint density at radius 1 is 0.231 bits per heavy atom. The highest BCUT2D eigenvalue weighted by Gasteiger charge is 2.53. The first-order chi connectivity index (χ1) is 63.1. The van der Waals surface area contributed by atoms with Gasteiger partial charge in [0, 0.05) is 105 Å². The molecule has 0 saturated heterocycles. The molecule has 0 N–H and O–H groups in total. The van der Waals surface area contributed by atoms with Crippen LogP contribution in [0.1, 0.15) is 0 Å². The monoisotopic (exact) mass is 1780 g/mol. The van der Waals surface area contributed by atoms with Crippen molar-refractivity contribution in [3.63, 3.8) is 0 Å². The Balaban J connectivity index is 0.821. The van der Waals surface area contributed by atoms with Crippen LogP contribution in [0.5, 0.6) is 34.5 Å². The summed E-state index contributed by atoms with van der Waals surface area (Å²) in [5.41, 5.74) is -5.72. The van der Waals surface area contributed by atoms with E-state index in [0.29, 0.717) is 46.5 Å². The molecule has 0 fully saturated rings. The molecule has 6 aliphatic rings. The predicted octanol–water partition coefficient (Wildman–Crippen LogP) is 24.0. The van der Waals surface area contributed by atoms with Crippen molar-refractivity contribution in [2.45, 2.75) is 0 Å². The van der Waals surface area contributed by atoms with Gasteiger partial charge in [-0.25, -0.2) is 70.2 Å². The minimum absolute atomic E-state index is 0.0296. The lowest BCUT2D eigenvalue weighted by atomic mass is 9.31. The predicted molar refractivity (Wildman–Crippen MR) is 478 cm³/mol. The molecule has 628 valence electrons. The van der Waals surface area contributed by atoms with Gasteiger partial charge in [0.15, 0.2) is 0 Å². The van der Waals surface area contributed by atoms with Crippen LogP contribution in [-0.2, 0) is 0 Å². The summed E-state index contributed by atoms with van der Waals surface area (Å²) < 4.78 is 300. The van der Waals surface area contributed by atoms with E-state index in [1.807, 2.05) is 65.6 Å². The third kappa shape index (κ3) is 11.6. The highest BCUT2D eigenvalue weighted by atomic mass is 32.1. The summed E-state index contributed by atoms with van der Waals surface area (Å²) in [4.78, 5) is 6.51. The van der Waals surface area contributed by atoms with E-state index in [1.165, 1.54) is 59.5 Å².